The monoisotopic (exact) mass is 406 g/mol. The normalized spacial score (nSPS) is 19.0. The lowest BCUT2D eigenvalue weighted by molar-refractivity contribution is 0.159. The molecule has 1 aliphatic rings. The van der Waals surface area contributed by atoms with E-state index in [4.69, 9.17) is 4.74 Å². The maximum atomic E-state index is 12.8. The molecule has 8 heteroatoms. The fourth-order valence-corrected chi connectivity index (χ4v) is 3.88. The van der Waals surface area contributed by atoms with Gasteiger partial charge in [-0.05, 0) is 17.7 Å². The molecular formula is C22H26N6O2. The first-order valence-corrected chi connectivity index (χ1v) is 10.0. The Morgan fingerprint density at radius 1 is 1.13 bits per heavy atom. The van der Waals surface area contributed by atoms with E-state index in [9.17, 15) is 4.79 Å². The summed E-state index contributed by atoms with van der Waals surface area (Å²) in [5, 5.41) is 10.4. The van der Waals surface area contributed by atoms with Gasteiger partial charge < -0.3 is 10.1 Å². The van der Waals surface area contributed by atoms with E-state index >= 15 is 0 Å². The van der Waals surface area contributed by atoms with E-state index in [1.165, 1.54) is 5.56 Å². The number of hydrogen-bond donors (Lipinski definition) is 2. The van der Waals surface area contributed by atoms with Crippen LogP contribution in [-0.2, 0) is 4.74 Å². The predicted octanol–water partition coefficient (Wildman–Crippen LogP) is 2.50. The predicted molar refractivity (Wildman–Crippen MR) is 115 cm³/mol. The molecule has 4 rings (SSSR count). The molecule has 0 bridgehead atoms. The van der Waals surface area contributed by atoms with Crippen LogP contribution in [-0.4, -0.2) is 65.1 Å². The van der Waals surface area contributed by atoms with Crippen LogP contribution in [0.2, 0.25) is 0 Å². The summed E-state index contributed by atoms with van der Waals surface area (Å²) in [7, 11) is 1.71. The third kappa shape index (κ3) is 4.67. The molecular weight excluding hydrogens is 380 g/mol. The number of amides is 2. The lowest BCUT2D eigenvalue weighted by atomic mass is 9.94. The Morgan fingerprint density at radius 3 is 2.77 bits per heavy atom. The summed E-state index contributed by atoms with van der Waals surface area (Å²) in [6.07, 6.45) is 5.05. The van der Waals surface area contributed by atoms with Gasteiger partial charge in [-0.25, -0.2) is 9.48 Å². The number of anilines is 1. The van der Waals surface area contributed by atoms with E-state index in [1.54, 1.807) is 36.4 Å². The summed E-state index contributed by atoms with van der Waals surface area (Å²) in [5.41, 5.74) is 2.01. The van der Waals surface area contributed by atoms with Gasteiger partial charge in [-0.3, -0.25) is 15.2 Å². The van der Waals surface area contributed by atoms with Gasteiger partial charge in [-0.2, -0.15) is 5.10 Å². The summed E-state index contributed by atoms with van der Waals surface area (Å²) in [4.78, 5) is 19.3. The van der Waals surface area contributed by atoms with Gasteiger partial charge in [0.2, 0.25) is 0 Å². The van der Waals surface area contributed by atoms with E-state index in [1.807, 2.05) is 30.3 Å². The molecule has 1 aromatic carbocycles. The minimum atomic E-state index is -0.250. The smallest absolute Gasteiger partial charge is 0.320 e. The van der Waals surface area contributed by atoms with Crippen molar-refractivity contribution < 1.29 is 9.53 Å². The minimum Gasteiger partial charge on any atom is -0.383 e. The van der Waals surface area contributed by atoms with Crippen molar-refractivity contribution in [3.8, 4) is 5.69 Å². The van der Waals surface area contributed by atoms with E-state index < -0.39 is 0 Å². The second kappa shape index (κ2) is 9.51. The van der Waals surface area contributed by atoms with Gasteiger partial charge in [-0.15, -0.1) is 0 Å². The third-order valence-electron chi connectivity index (χ3n) is 5.33. The van der Waals surface area contributed by atoms with Gasteiger partial charge in [-0.1, -0.05) is 30.3 Å². The van der Waals surface area contributed by atoms with Crippen LogP contribution in [0.1, 0.15) is 11.5 Å². The molecule has 30 heavy (non-hydrogen) atoms. The molecule has 0 radical (unpaired) electrons. The highest BCUT2D eigenvalue weighted by molar-refractivity contribution is 5.89. The van der Waals surface area contributed by atoms with E-state index in [2.05, 4.69) is 37.7 Å². The number of pyridine rings is 1. The van der Waals surface area contributed by atoms with Crippen molar-refractivity contribution in [1.82, 2.24) is 25.0 Å². The van der Waals surface area contributed by atoms with Gasteiger partial charge in [0.05, 0.1) is 30.7 Å². The Labute approximate surface area is 175 Å². The van der Waals surface area contributed by atoms with Crippen LogP contribution in [0.25, 0.3) is 5.69 Å². The second-order valence-corrected chi connectivity index (χ2v) is 7.31. The van der Waals surface area contributed by atoms with Crippen molar-refractivity contribution in [2.75, 3.05) is 38.7 Å². The fourth-order valence-electron chi connectivity index (χ4n) is 3.88. The standard InChI is InChI=1S/C22H26N6O2/c1-30-13-12-27-15-19(17-6-3-2-4-7-17)20(16-27)25-22(29)26-21-9-11-24-28(21)18-8-5-10-23-14-18/h2-11,14,19-20H,12-13,15-16H2,1H3,(H2,25,26,29)/t19-,20+/m0/s1. The molecule has 0 unspecified atom stereocenters. The molecule has 1 aliphatic heterocycles. The molecule has 2 N–H and O–H groups in total. The molecule has 0 aliphatic carbocycles. The van der Waals surface area contributed by atoms with Crippen molar-refractivity contribution in [1.29, 1.82) is 0 Å². The third-order valence-corrected chi connectivity index (χ3v) is 5.33. The van der Waals surface area contributed by atoms with E-state index in [0.717, 1.165) is 25.3 Å². The fraction of sp³-hybridized carbons (Fsp3) is 0.318. The summed E-state index contributed by atoms with van der Waals surface area (Å²) in [5.74, 6) is 0.808. The Hall–Kier alpha value is -3.23. The number of likely N-dealkylation sites (tertiary alicyclic amines) is 1. The average Bonchev–Trinajstić information content (AvgIpc) is 3.40. The number of carbonyl (C=O) groups is 1. The Morgan fingerprint density at radius 2 is 2.00 bits per heavy atom. The number of carbonyl (C=O) groups excluding carboxylic acids is 1. The zero-order chi connectivity index (χ0) is 20.8. The topological polar surface area (TPSA) is 84.3 Å². The van der Waals surface area contributed by atoms with Crippen LogP contribution >= 0.6 is 0 Å². The van der Waals surface area contributed by atoms with Crippen LogP contribution in [0.15, 0.2) is 67.1 Å². The highest BCUT2D eigenvalue weighted by atomic mass is 16.5. The summed E-state index contributed by atoms with van der Waals surface area (Å²) in [6.45, 7) is 3.17. The number of methoxy groups -OCH3 is 1. The van der Waals surface area contributed by atoms with Crippen molar-refractivity contribution >= 4 is 11.8 Å². The van der Waals surface area contributed by atoms with E-state index in [0.29, 0.717) is 12.4 Å². The molecule has 2 atom stereocenters. The van der Waals surface area contributed by atoms with Crippen LogP contribution in [0.3, 0.4) is 0 Å². The van der Waals surface area contributed by atoms with Crippen molar-refractivity contribution in [3.63, 3.8) is 0 Å². The van der Waals surface area contributed by atoms with Crippen LogP contribution in [0.5, 0.6) is 0 Å². The van der Waals surface area contributed by atoms with Crippen LogP contribution < -0.4 is 10.6 Å². The molecule has 0 spiro atoms. The second-order valence-electron chi connectivity index (χ2n) is 7.31. The zero-order valence-corrected chi connectivity index (χ0v) is 16.9. The van der Waals surface area contributed by atoms with Crippen molar-refractivity contribution in [2.45, 2.75) is 12.0 Å². The van der Waals surface area contributed by atoms with Crippen LogP contribution in [0.4, 0.5) is 10.6 Å². The van der Waals surface area contributed by atoms with Gasteiger partial charge in [0.15, 0.2) is 0 Å². The molecule has 8 nitrogen and oxygen atoms in total. The number of urea groups is 1. The van der Waals surface area contributed by atoms with Gasteiger partial charge in [0.25, 0.3) is 0 Å². The molecule has 0 saturated carbocycles. The van der Waals surface area contributed by atoms with Gasteiger partial charge in [0, 0.05) is 44.9 Å². The van der Waals surface area contributed by atoms with Crippen molar-refractivity contribution in [3.05, 3.63) is 72.7 Å². The minimum absolute atomic E-state index is 0.000908. The number of rotatable bonds is 7. The maximum Gasteiger partial charge on any atom is 0.320 e. The molecule has 3 heterocycles. The molecule has 3 aromatic rings. The summed E-state index contributed by atoms with van der Waals surface area (Å²) >= 11 is 0. The number of benzene rings is 1. The quantitative estimate of drug-likeness (QED) is 0.630. The molecule has 156 valence electrons. The van der Waals surface area contributed by atoms with Gasteiger partial charge >= 0.3 is 6.03 Å². The molecule has 2 aromatic heterocycles. The average molecular weight is 406 g/mol. The lowest BCUT2D eigenvalue weighted by Crippen LogP contribution is -2.42. The summed E-state index contributed by atoms with van der Waals surface area (Å²) in [6, 6.07) is 15.6. The number of nitrogens with zero attached hydrogens (tertiary/aromatic N) is 4. The Kier molecular flexibility index (Phi) is 6.36. The number of hydrogen-bond acceptors (Lipinski definition) is 5. The Bertz CT molecular complexity index is 947. The first-order chi connectivity index (χ1) is 14.7. The zero-order valence-electron chi connectivity index (χ0n) is 16.9. The SMILES string of the molecule is COCCN1C[C@@H](NC(=O)Nc2ccnn2-c2cccnc2)[C@H](c2ccccc2)C1. The van der Waals surface area contributed by atoms with Gasteiger partial charge in [0.1, 0.15) is 5.82 Å². The van der Waals surface area contributed by atoms with Crippen molar-refractivity contribution in [2.24, 2.45) is 0 Å². The highest BCUT2D eigenvalue weighted by Crippen LogP contribution is 2.27. The first kappa shape index (κ1) is 20.1. The van der Waals surface area contributed by atoms with E-state index in [-0.39, 0.29) is 18.0 Å². The number of aromatic nitrogens is 3. The Balaban J connectivity index is 1.45. The molecule has 1 saturated heterocycles. The largest absolute Gasteiger partial charge is 0.383 e. The van der Waals surface area contributed by atoms with Crippen LogP contribution in [0, 0.1) is 0 Å². The molecule has 1 fully saturated rings. The maximum absolute atomic E-state index is 12.8. The lowest BCUT2D eigenvalue weighted by Gasteiger charge is -2.20. The number of nitrogens with one attached hydrogen (secondary N) is 2. The summed E-state index contributed by atoms with van der Waals surface area (Å²) < 4.78 is 6.88. The molecule has 2 amide bonds. The number of ether oxygens (including phenoxy) is 1. The first-order valence-electron chi connectivity index (χ1n) is 10.0. The highest BCUT2D eigenvalue weighted by Gasteiger charge is 2.34.